The van der Waals surface area contributed by atoms with Crippen molar-refractivity contribution in [3.8, 4) is 0 Å². The number of carbonyl (C=O) groups excluding carboxylic acids is 2. The summed E-state index contributed by atoms with van der Waals surface area (Å²) in [6.07, 6.45) is 1.08. The van der Waals surface area contributed by atoms with Gasteiger partial charge in [-0.2, -0.15) is 0 Å². The van der Waals surface area contributed by atoms with Gasteiger partial charge in [-0.25, -0.2) is 4.39 Å². The van der Waals surface area contributed by atoms with E-state index in [2.05, 4.69) is 10.6 Å². The number of carboxylic acids is 1. The van der Waals surface area contributed by atoms with Gasteiger partial charge in [0.1, 0.15) is 5.82 Å². The number of amides is 2. The largest absolute Gasteiger partial charge is 0.481 e. The number of halogens is 1. The van der Waals surface area contributed by atoms with Crippen molar-refractivity contribution < 1.29 is 23.9 Å². The lowest BCUT2D eigenvalue weighted by atomic mass is 10.2. The molecule has 0 bridgehead atoms. The van der Waals surface area contributed by atoms with Crippen LogP contribution in [0.1, 0.15) is 25.7 Å². The Bertz CT molecular complexity index is 502. The van der Waals surface area contributed by atoms with E-state index < -0.39 is 17.7 Å². The zero-order valence-corrected chi connectivity index (χ0v) is 11.4. The van der Waals surface area contributed by atoms with E-state index in [9.17, 15) is 18.8 Å². The van der Waals surface area contributed by atoms with E-state index in [0.29, 0.717) is 18.5 Å². The number of aliphatic carboxylic acids is 1. The highest BCUT2D eigenvalue weighted by atomic mass is 19.1. The minimum absolute atomic E-state index is 0.0261. The number of anilines is 1. The predicted octanol–water partition coefficient (Wildman–Crippen LogP) is 1.53. The van der Waals surface area contributed by atoms with Crippen LogP contribution in [0.25, 0.3) is 0 Å². The average Bonchev–Trinajstić information content (AvgIpc) is 2.44. The fourth-order valence-electron chi connectivity index (χ4n) is 1.57. The first-order valence-electron chi connectivity index (χ1n) is 6.51. The molecule has 1 aromatic carbocycles. The summed E-state index contributed by atoms with van der Waals surface area (Å²) < 4.78 is 12.7. The van der Waals surface area contributed by atoms with Crippen molar-refractivity contribution in [2.45, 2.75) is 25.7 Å². The second-order valence-corrected chi connectivity index (χ2v) is 4.43. The topological polar surface area (TPSA) is 95.5 Å². The van der Waals surface area contributed by atoms with Gasteiger partial charge in [0.05, 0.1) is 6.54 Å². The molecule has 0 saturated heterocycles. The lowest BCUT2D eigenvalue weighted by Gasteiger charge is -2.06. The number of carbonyl (C=O) groups is 3. The van der Waals surface area contributed by atoms with Crippen LogP contribution in [0.3, 0.4) is 0 Å². The third kappa shape index (κ3) is 7.66. The third-order valence-corrected chi connectivity index (χ3v) is 2.62. The summed E-state index contributed by atoms with van der Waals surface area (Å²) in [6, 6.07) is 5.27. The quantitative estimate of drug-likeness (QED) is 0.634. The average molecular weight is 296 g/mol. The second kappa shape index (κ2) is 8.68. The van der Waals surface area contributed by atoms with Crippen LogP contribution in [0.2, 0.25) is 0 Å². The van der Waals surface area contributed by atoms with E-state index in [4.69, 9.17) is 5.11 Å². The van der Waals surface area contributed by atoms with Gasteiger partial charge in [0.15, 0.2) is 0 Å². The van der Waals surface area contributed by atoms with Crippen LogP contribution >= 0.6 is 0 Å². The van der Waals surface area contributed by atoms with Gasteiger partial charge in [0.25, 0.3) is 0 Å². The zero-order chi connectivity index (χ0) is 15.7. The molecule has 0 spiro atoms. The van der Waals surface area contributed by atoms with Crippen molar-refractivity contribution in [1.29, 1.82) is 0 Å². The summed E-state index contributed by atoms with van der Waals surface area (Å²) in [6.45, 7) is -0.185. The minimum Gasteiger partial charge on any atom is -0.481 e. The number of hydrogen-bond acceptors (Lipinski definition) is 3. The number of rotatable bonds is 8. The molecule has 2 amide bonds. The first-order chi connectivity index (χ1) is 9.97. The SMILES string of the molecule is O=C(O)CCCCC(=O)NCC(=O)Nc1ccc(F)cc1. The minimum atomic E-state index is -0.894. The van der Waals surface area contributed by atoms with Crippen molar-refractivity contribution in [2.75, 3.05) is 11.9 Å². The molecule has 21 heavy (non-hydrogen) atoms. The van der Waals surface area contributed by atoms with Crippen molar-refractivity contribution in [2.24, 2.45) is 0 Å². The van der Waals surface area contributed by atoms with E-state index in [0.717, 1.165) is 0 Å². The summed E-state index contributed by atoms with van der Waals surface area (Å²) in [4.78, 5) is 33.2. The molecule has 7 heteroatoms. The first-order valence-corrected chi connectivity index (χ1v) is 6.51. The van der Waals surface area contributed by atoms with Gasteiger partial charge in [-0.15, -0.1) is 0 Å². The summed E-state index contributed by atoms with van der Waals surface area (Å²) in [5.74, 6) is -2.02. The molecular formula is C14H17FN2O4. The van der Waals surface area contributed by atoms with Crippen LogP contribution in [0.5, 0.6) is 0 Å². The number of carboxylic acid groups (broad SMARTS) is 1. The van der Waals surface area contributed by atoms with Crippen LogP contribution in [0.15, 0.2) is 24.3 Å². The molecule has 0 aliphatic heterocycles. The molecule has 0 aliphatic carbocycles. The van der Waals surface area contributed by atoms with Crippen LogP contribution in [-0.4, -0.2) is 29.4 Å². The van der Waals surface area contributed by atoms with Gasteiger partial charge >= 0.3 is 5.97 Å². The van der Waals surface area contributed by atoms with Crippen LogP contribution in [-0.2, 0) is 14.4 Å². The maximum Gasteiger partial charge on any atom is 0.303 e. The lowest BCUT2D eigenvalue weighted by molar-refractivity contribution is -0.137. The molecule has 1 rings (SSSR count). The van der Waals surface area contributed by atoms with Gasteiger partial charge in [-0.1, -0.05) is 0 Å². The van der Waals surface area contributed by atoms with Crippen LogP contribution < -0.4 is 10.6 Å². The number of unbranched alkanes of at least 4 members (excludes halogenated alkanes) is 1. The van der Waals surface area contributed by atoms with E-state index >= 15 is 0 Å². The molecule has 0 atom stereocenters. The predicted molar refractivity (Wildman–Crippen MR) is 74.1 cm³/mol. The molecule has 0 radical (unpaired) electrons. The molecule has 0 fully saturated rings. The number of hydrogen-bond donors (Lipinski definition) is 3. The molecule has 3 N–H and O–H groups in total. The molecule has 0 saturated carbocycles. The maximum absolute atomic E-state index is 12.7. The molecule has 114 valence electrons. The Morgan fingerprint density at radius 3 is 2.24 bits per heavy atom. The molecule has 0 aromatic heterocycles. The van der Waals surface area contributed by atoms with Crippen molar-refractivity contribution >= 4 is 23.5 Å². The van der Waals surface area contributed by atoms with Gasteiger partial charge in [0, 0.05) is 18.5 Å². The number of nitrogens with one attached hydrogen (secondary N) is 2. The summed E-state index contributed by atoms with van der Waals surface area (Å²) in [5.41, 5.74) is 0.442. The van der Waals surface area contributed by atoms with Crippen LogP contribution in [0, 0.1) is 5.82 Å². The van der Waals surface area contributed by atoms with Crippen molar-refractivity contribution in [1.82, 2.24) is 5.32 Å². The molecule has 0 aliphatic rings. The molecule has 0 heterocycles. The van der Waals surface area contributed by atoms with Crippen molar-refractivity contribution in [3.05, 3.63) is 30.1 Å². The van der Waals surface area contributed by atoms with E-state index in [1.807, 2.05) is 0 Å². The standard InChI is InChI=1S/C14H17FN2O4/c15-10-5-7-11(8-6-10)17-13(19)9-16-12(18)3-1-2-4-14(20)21/h5-8H,1-4,9H2,(H,16,18)(H,17,19)(H,20,21). The highest BCUT2D eigenvalue weighted by Gasteiger charge is 2.06. The van der Waals surface area contributed by atoms with Gasteiger partial charge < -0.3 is 15.7 Å². The Hall–Kier alpha value is -2.44. The van der Waals surface area contributed by atoms with E-state index in [1.54, 1.807) is 0 Å². The van der Waals surface area contributed by atoms with Gasteiger partial charge in [-0.05, 0) is 37.1 Å². The smallest absolute Gasteiger partial charge is 0.303 e. The highest BCUT2D eigenvalue weighted by molar-refractivity contribution is 5.94. The molecule has 6 nitrogen and oxygen atoms in total. The Balaban J connectivity index is 2.18. The summed E-state index contributed by atoms with van der Waals surface area (Å²) in [7, 11) is 0. The Morgan fingerprint density at radius 1 is 1.00 bits per heavy atom. The van der Waals surface area contributed by atoms with E-state index in [-0.39, 0.29) is 25.3 Å². The van der Waals surface area contributed by atoms with Gasteiger partial charge in [0.2, 0.25) is 11.8 Å². The monoisotopic (exact) mass is 296 g/mol. The Labute approximate surface area is 121 Å². The van der Waals surface area contributed by atoms with Crippen molar-refractivity contribution in [3.63, 3.8) is 0 Å². The molecule has 1 aromatic rings. The fourth-order valence-corrected chi connectivity index (χ4v) is 1.57. The first kappa shape index (κ1) is 16.6. The summed E-state index contributed by atoms with van der Waals surface area (Å²) in [5, 5.41) is 13.4. The maximum atomic E-state index is 12.7. The van der Waals surface area contributed by atoms with Crippen LogP contribution in [0.4, 0.5) is 10.1 Å². The van der Waals surface area contributed by atoms with Gasteiger partial charge in [-0.3, -0.25) is 14.4 Å². The second-order valence-electron chi connectivity index (χ2n) is 4.43. The van der Waals surface area contributed by atoms with E-state index in [1.165, 1.54) is 24.3 Å². The Morgan fingerprint density at radius 2 is 1.62 bits per heavy atom. The third-order valence-electron chi connectivity index (χ3n) is 2.62. The molecule has 0 unspecified atom stereocenters. The zero-order valence-electron chi connectivity index (χ0n) is 11.4. The Kier molecular flexibility index (Phi) is 6.86. The fraction of sp³-hybridized carbons (Fsp3) is 0.357. The lowest BCUT2D eigenvalue weighted by Crippen LogP contribution is -2.32. The normalized spacial score (nSPS) is 9.95. The number of benzene rings is 1. The molecular weight excluding hydrogens is 279 g/mol. The highest BCUT2D eigenvalue weighted by Crippen LogP contribution is 2.07. The summed E-state index contributed by atoms with van der Waals surface area (Å²) >= 11 is 0.